The van der Waals surface area contributed by atoms with Gasteiger partial charge in [0.25, 0.3) is 10.2 Å². The molecule has 1 N–H and O–H groups in total. The second-order valence-electron chi connectivity index (χ2n) is 2.90. The topological polar surface area (TPSA) is 62.3 Å². The Balaban J connectivity index is 2.36. The van der Waals surface area contributed by atoms with E-state index in [9.17, 15) is 8.42 Å². The van der Waals surface area contributed by atoms with E-state index in [0.29, 0.717) is 13.0 Å². The number of nitrogens with one attached hydrogen (secondary N) is 1. The molecule has 0 amide bonds. The Morgan fingerprint density at radius 3 is 2.79 bits per heavy atom. The zero-order valence-electron chi connectivity index (χ0n) is 8.10. The molecule has 5 nitrogen and oxygen atoms in total. The highest BCUT2D eigenvalue weighted by Gasteiger charge is 2.11. The monoisotopic (exact) mass is 235 g/mol. The fraction of sp³-hybridized carbons (Fsp3) is 0.571. The molecule has 0 aromatic carbocycles. The second kappa shape index (κ2) is 4.83. The van der Waals surface area contributed by atoms with Gasteiger partial charge in [-0.2, -0.15) is 12.7 Å². The van der Waals surface area contributed by atoms with E-state index in [2.05, 4.69) is 9.71 Å². The highest BCUT2D eigenvalue weighted by Crippen LogP contribution is 2.05. The Labute approximate surface area is 88.0 Å². The van der Waals surface area contributed by atoms with Crippen LogP contribution in [0.25, 0.3) is 0 Å². The zero-order valence-corrected chi connectivity index (χ0v) is 9.73. The van der Waals surface area contributed by atoms with Crippen LogP contribution in [-0.4, -0.2) is 38.3 Å². The Bertz CT molecular complexity index is 358. The summed E-state index contributed by atoms with van der Waals surface area (Å²) in [6.45, 7) is 0.405. The van der Waals surface area contributed by atoms with Gasteiger partial charge in [0.1, 0.15) is 0 Å². The number of rotatable bonds is 5. The molecule has 1 aromatic rings. The molecular formula is C7H13N3O2S2. The molecule has 0 aliphatic rings. The van der Waals surface area contributed by atoms with Gasteiger partial charge in [0.05, 0.1) is 5.51 Å². The second-order valence-corrected chi connectivity index (χ2v) is 5.84. The van der Waals surface area contributed by atoms with Gasteiger partial charge in [-0.25, -0.2) is 4.72 Å². The van der Waals surface area contributed by atoms with E-state index in [1.54, 1.807) is 11.7 Å². The van der Waals surface area contributed by atoms with Crippen LogP contribution in [0.4, 0.5) is 0 Å². The third-order valence-electron chi connectivity index (χ3n) is 1.62. The molecule has 7 heteroatoms. The summed E-state index contributed by atoms with van der Waals surface area (Å²) in [6.07, 6.45) is 2.42. The molecule has 0 radical (unpaired) electrons. The third-order valence-corrected chi connectivity index (χ3v) is 3.99. The van der Waals surface area contributed by atoms with Crippen LogP contribution in [-0.2, 0) is 16.6 Å². The van der Waals surface area contributed by atoms with Crippen LogP contribution in [0.3, 0.4) is 0 Å². The van der Waals surface area contributed by atoms with Gasteiger partial charge in [-0.15, -0.1) is 11.3 Å². The normalized spacial score (nSPS) is 12.2. The number of aromatic nitrogens is 1. The fourth-order valence-electron chi connectivity index (χ4n) is 0.798. The average molecular weight is 235 g/mol. The van der Waals surface area contributed by atoms with Crippen molar-refractivity contribution in [2.75, 3.05) is 20.6 Å². The SMILES string of the molecule is CN(C)S(=O)(=O)NCCc1cncs1. The van der Waals surface area contributed by atoms with E-state index in [4.69, 9.17) is 0 Å². The average Bonchev–Trinajstić information content (AvgIpc) is 2.56. The summed E-state index contributed by atoms with van der Waals surface area (Å²) in [5, 5.41) is 0. The Kier molecular flexibility index (Phi) is 3.99. The molecule has 0 saturated heterocycles. The Hall–Kier alpha value is -0.500. The van der Waals surface area contributed by atoms with Gasteiger partial charge in [-0.3, -0.25) is 4.98 Å². The van der Waals surface area contributed by atoms with Crippen molar-refractivity contribution in [2.24, 2.45) is 0 Å². The first kappa shape index (κ1) is 11.6. The van der Waals surface area contributed by atoms with Crippen LogP contribution in [0.2, 0.25) is 0 Å². The molecule has 80 valence electrons. The number of thiazole rings is 1. The Morgan fingerprint density at radius 1 is 1.57 bits per heavy atom. The predicted molar refractivity (Wildman–Crippen MR) is 56.4 cm³/mol. The van der Waals surface area contributed by atoms with Crippen molar-refractivity contribution >= 4 is 21.5 Å². The first-order chi connectivity index (χ1) is 6.52. The van der Waals surface area contributed by atoms with E-state index < -0.39 is 10.2 Å². The van der Waals surface area contributed by atoms with Crippen molar-refractivity contribution in [1.29, 1.82) is 0 Å². The zero-order chi connectivity index (χ0) is 10.6. The maximum Gasteiger partial charge on any atom is 0.278 e. The lowest BCUT2D eigenvalue weighted by atomic mass is 10.4. The van der Waals surface area contributed by atoms with Crippen molar-refractivity contribution in [2.45, 2.75) is 6.42 Å². The fourth-order valence-corrected chi connectivity index (χ4v) is 2.01. The quantitative estimate of drug-likeness (QED) is 0.786. The Morgan fingerprint density at radius 2 is 2.29 bits per heavy atom. The minimum atomic E-state index is -3.28. The van der Waals surface area contributed by atoms with E-state index in [1.165, 1.54) is 25.4 Å². The van der Waals surface area contributed by atoms with Crippen molar-refractivity contribution in [3.8, 4) is 0 Å². The van der Waals surface area contributed by atoms with Crippen LogP contribution < -0.4 is 4.72 Å². The standard InChI is InChI=1S/C7H13N3O2S2/c1-10(2)14(11,12)9-4-3-7-5-8-6-13-7/h5-6,9H,3-4H2,1-2H3. The number of hydrogen-bond acceptors (Lipinski definition) is 4. The lowest BCUT2D eigenvalue weighted by Crippen LogP contribution is -2.36. The molecule has 14 heavy (non-hydrogen) atoms. The third kappa shape index (κ3) is 3.33. The maximum absolute atomic E-state index is 11.3. The van der Waals surface area contributed by atoms with E-state index >= 15 is 0 Å². The minimum Gasteiger partial charge on any atom is -0.253 e. The summed E-state index contributed by atoms with van der Waals surface area (Å²) in [6, 6.07) is 0. The molecule has 0 spiro atoms. The molecule has 1 aromatic heterocycles. The van der Waals surface area contributed by atoms with Crippen LogP contribution in [0.15, 0.2) is 11.7 Å². The van der Waals surface area contributed by atoms with Gasteiger partial charge in [-0.05, 0) is 6.42 Å². The van der Waals surface area contributed by atoms with Crippen molar-refractivity contribution in [3.05, 3.63) is 16.6 Å². The van der Waals surface area contributed by atoms with Gasteiger partial charge in [0.15, 0.2) is 0 Å². The van der Waals surface area contributed by atoms with Crippen LogP contribution >= 0.6 is 11.3 Å². The van der Waals surface area contributed by atoms with E-state index in [0.717, 1.165) is 9.18 Å². The van der Waals surface area contributed by atoms with Crippen LogP contribution in [0, 0.1) is 0 Å². The molecule has 0 bridgehead atoms. The molecule has 1 rings (SSSR count). The lowest BCUT2D eigenvalue weighted by molar-refractivity contribution is 0.506. The van der Waals surface area contributed by atoms with Crippen LogP contribution in [0.1, 0.15) is 4.88 Å². The van der Waals surface area contributed by atoms with Gasteiger partial charge >= 0.3 is 0 Å². The lowest BCUT2D eigenvalue weighted by Gasteiger charge is -2.11. The van der Waals surface area contributed by atoms with E-state index in [-0.39, 0.29) is 0 Å². The summed E-state index contributed by atoms with van der Waals surface area (Å²) in [7, 11) is -0.294. The van der Waals surface area contributed by atoms with Gasteiger partial charge < -0.3 is 0 Å². The summed E-state index contributed by atoms with van der Waals surface area (Å²) < 4.78 is 26.1. The highest BCUT2D eigenvalue weighted by atomic mass is 32.2. The summed E-state index contributed by atoms with van der Waals surface area (Å²) >= 11 is 1.52. The predicted octanol–water partition coefficient (Wildman–Crippen LogP) is 0.0816. The van der Waals surface area contributed by atoms with Crippen molar-refractivity contribution in [1.82, 2.24) is 14.0 Å². The molecule has 0 fully saturated rings. The molecule has 0 unspecified atom stereocenters. The molecule has 0 aliphatic heterocycles. The maximum atomic E-state index is 11.3. The number of nitrogens with zero attached hydrogens (tertiary/aromatic N) is 2. The smallest absolute Gasteiger partial charge is 0.253 e. The largest absolute Gasteiger partial charge is 0.278 e. The van der Waals surface area contributed by atoms with Crippen LogP contribution in [0.5, 0.6) is 0 Å². The van der Waals surface area contributed by atoms with Gasteiger partial charge in [0, 0.05) is 31.7 Å². The minimum absolute atomic E-state index is 0.405. The first-order valence-corrected chi connectivity index (χ1v) is 6.39. The molecule has 0 atom stereocenters. The van der Waals surface area contributed by atoms with E-state index in [1.807, 2.05) is 0 Å². The summed E-state index contributed by atoms with van der Waals surface area (Å²) in [5.41, 5.74) is 1.73. The molecule has 0 saturated carbocycles. The summed E-state index contributed by atoms with van der Waals surface area (Å²) in [5.74, 6) is 0. The number of hydrogen-bond donors (Lipinski definition) is 1. The van der Waals surface area contributed by atoms with Crippen molar-refractivity contribution < 1.29 is 8.42 Å². The van der Waals surface area contributed by atoms with Gasteiger partial charge in [0.2, 0.25) is 0 Å². The molecule has 0 aliphatic carbocycles. The van der Waals surface area contributed by atoms with Crippen molar-refractivity contribution in [3.63, 3.8) is 0 Å². The first-order valence-electron chi connectivity index (χ1n) is 4.07. The molecular weight excluding hydrogens is 222 g/mol. The van der Waals surface area contributed by atoms with Gasteiger partial charge in [-0.1, -0.05) is 0 Å². The highest BCUT2D eigenvalue weighted by molar-refractivity contribution is 7.87. The molecule has 1 heterocycles. The summed E-state index contributed by atoms with van der Waals surface area (Å²) in [4.78, 5) is 4.98.